The predicted molar refractivity (Wildman–Crippen MR) is 135 cm³/mol. The van der Waals surface area contributed by atoms with Gasteiger partial charge in [-0.05, 0) is 50.2 Å². The fourth-order valence-electron chi connectivity index (χ4n) is 3.96. The SMILES string of the molecule is CC(=O)OC(C/C=C/CCCC(C)C(C)C(C)C(C)[C-](C)C)/C(C)=C/c1csc(C)n1.[Y+3]. The van der Waals surface area contributed by atoms with Crippen molar-refractivity contribution in [3.63, 3.8) is 0 Å². The molecule has 1 heterocycles. The minimum atomic E-state index is -0.244. The third kappa shape index (κ3) is 11.7. The van der Waals surface area contributed by atoms with Gasteiger partial charge in [0.25, 0.3) is 0 Å². The predicted octanol–water partition coefficient (Wildman–Crippen LogP) is 8.06. The summed E-state index contributed by atoms with van der Waals surface area (Å²) in [5, 5.41) is 3.07. The van der Waals surface area contributed by atoms with Crippen LogP contribution in [-0.2, 0) is 42.2 Å². The van der Waals surface area contributed by atoms with Crippen LogP contribution in [0.15, 0.2) is 23.1 Å². The molecule has 1 aromatic heterocycles. The van der Waals surface area contributed by atoms with Crippen LogP contribution in [0, 0.1) is 36.5 Å². The Morgan fingerprint density at radius 3 is 2.34 bits per heavy atom. The molecular formula is C27H44NO2SY+2. The summed E-state index contributed by atoms with van der Waals surface area (Å²) in [5.74, 6) is 4.14. The van der Waals surface area contributed by atoms with E-state index >= 15 is 0 Å². The Morgan fingerprint density at radius 1 is 1.16 bits per heavy atom. The van der Waals surface area contributed by atoms with Crippen LogP contribution in [0.3, 0.4) is 0 Å². The summed E-state index contributed by atoms with van der Waals surface area (Å²) in [7, 11) is 0. The van der Waals surface area contributed by atoms with Gasteiger partial charge < -0.3 is 10.7 Å². The van der Waals surface area contributed by atoms with E-state index in [1.54, 1.807) is 11.3 Å². The average Bonchev–Trinajstić information content (AvgIpc) is 3.11. The molecule has 0 aliphatic heterocycles. The largest absolute Gasteiger partial charge is 3.00 e. The van der Waals surface area contributed by atoms with Gasteiger partial charge in [-0.1, -0.05) is 52.2 Å². The first kappa shape index (κ1) is 31.7. The van der Waals surface area contributed by atoms with Crippen LogP contribution in [-0.4, -0.2) is 17.1 Å². The van der Waals surface area contributed by atoms with Gasteiger partial charge in [-0.15, -0.1) is 11.3 Å². The molecule has 0 aliphatic carbocycles. The van der Waals surface area contributed by atoms with Crippen LogP contribution in [0.1, 0.15) is 91.8 Å². The molecule has 1 rings (SSSR count). The van der Waals surface area contributed by atoms with Crippen LogP contribution < -0.4 is 0 Å². The molecule has 0 bridgehead atoms. The quantitative estimate of drug-likeness (QED) is 0.111. The number of thiazole rings is 1. The fourth-order valence-corrected chi connectivity index (χ4v) is 4.53. The Balaban J connectivity index is 0.00000961. The number of aryl methyl sites for hydroxylation is 1. The van der Waals surface area contributed by atoms with Crippen molar-refractivity contribution in [1.82, 2.24) is 4.98 Å². The summed E-state index contributed by atoms with van der Waals surface area (Å²) in [6.45, 7) is 19.5. The zero-order chi connectivity index (χ0) is 23.6. The smallest absolute Gasteiger partial charge is 0.458 e. The van der Waals surface area contributed by atoms with Gasteiger partial charge in [0, 0.05) is 18.7 Å². The first-order valence-corrected chi connectivity index (χ1v) is 12.6. The molecule has 0 radical (unpaired) electrons. The molecule has 1 aromatic rings. The number of rotatable bonds is 13. The minimum Gasteiger partial charge on any atom is -0.458 e. The molecule has 5 atom stereocenters. The van der Waals surface area contributed by atoms with E-state index < -0.39 is 0 Å². The van der Waals surface area contributed by atoms with E-state index in [4.69, 9.17) is 4.74 Å². The van der Waals surface area contributed by atoms with Crippen molar-refractivity contribution in [3.05, 3.63) is 39.7 Å². The number of nitrogens with zero attached hydrogens (tertiary/aromatic N) is 1. The first-order valence-electron chi connectivity index (χ1n) is 11.8. The molecule has 5 unspecified atom stereocenters. The normalized spacial score (nSPS) is 17.0. The molecule has 176 valence electrons. The van der Waals surface area contributed by atoms with Crippen molar-refractivity contribution < 1.29 is 42.2 Å². The monoisotopic (exact) mass is 535 g/mol. The van der Waals surface area contributed by atoms with Gasteiger partial charge in [-0.2, -0.15) is 19.8 Å². The summed E-state index contributed by atoms with van der Waals surface area (Å²) >= 11 is 1.63. The van der Waals surface area contributed by atoms with Gasteiger partial charge in [0.05, 0.1) is 10.7 Å². The molecule has 0 aromatic carbocycles. The number of ether oxygens (including phenoxy) is 1. The molecule has 0 amide bonds. The standard InChI is InChI=1S/C27H44NO2S.Y/c1-18(2)21(5)23(7)22(6)19(3)14-12-10-11-13-15-27(30-25(9)29)20(4)16-26-17-31-24(8)28-26;/h11,13,16-17,19,21-23,27H,10,12,14-15H2,1-9H3;/q-1;+3/b13-11+,20-16+;. The third-order valence-corrected chi connectivity index (χ3v) is 7.59. The minimum absolute atomic E-state index is 0. The van der Waals surface area contributed by atoms with Crippen molar-refractivity contribution >= 4 is 23.4 Å². The molecule has 0 spiro atoms. The van der Waals surface area contributed by atoms with Crippen LogP contribution in [0.25, 0.3) is 6.08 Å². The summed E-state index contributed by atoms with van der Waals surface area (Å²) < 4.78 is 5.55. The van der Waals surface area contributed by atoms with Gasteiger partial charge in [0.1, 0.15) is 6.10 Å². The number of carbonyl (C=O) groups excluding carboxylic acids is 1. The topological polar surface area (TPSA) is 39.2 Å². The Kier molecular flexibility index (Phi) is 16.2. The Bertz CT molecular complexity index is 725. The second-order valence-electron chi connectivity index (χ2n) is 9.48. The second-order valence-corrected chi connectivity index (χ2v) is 10.5. The molecule has 5 heteroatoms. The molecular weight excluding hydrogens is 491 g/mol. The Hall–Kier alpha value is -0.316. The molecule has 0 N–H and O–H groups in total. The van der Waals surface area contributed by atoms with Crippen LogP contribution in [0.4, 0.5) is 0 Å². The van der Waals surface area contributed by atoms with E-state index in [-0.39, 0.29) is 44.8 Å². The summed E-state index contributed by atoms with van der Waals surface area (Å²) in [5.41, 5.74) is 1.96. The summed E-state index contributed by atoms with van der Waals surface area (Å²) in [6.07, 6.45) is 10.4. The number of hydrogen-bond acceptors (Lipinski definition) is 4. The summed E-state index contributed by atoms with van der Waals surface area (Å²) in [4.78, 5) is 16.0. The second kappa shape index (κ2) is 16.3. The number of unbranched alkanes of at least 4 members (excludes halogenated alkanes) is 1. The van der Waals surface area contributed by atoms with E-state index in [0.29, 0.717) is 12.3 Å². The first-order chi connectivity index (χ1) is 14.5. The molecule has 3 nitrogen and oxygen atoms in total. The number of aromatic nitrogens is 1. The van der Waals surface area contributed by atoms with E-state index in [0.717, 1.165) is 40.4 Å². The maximum atomic E-state index is 11.5. The maximum Gasteiger partial charge on any atom is 3.00 e. The average molecular weight is 536 g/mol. The summed E-state index contributed by atoms with van der Waals surface area (Å²) in [6, 6.07) is 0. The Labute approximate surface area is 226 Å². The molecule has 32 heavy (non-hydrogen) atoms. The van der Waals surface area contributed by atoms with Crippen molar-refractivity contribution in [1.29, 1.82) is 0 Å². The zero-order valence-electron chi connectivity index (χ0n) is 21.8. The fraction of sp³-hybridized carbons (Fsp3) is 0.667. The molecule has 0 aliphatic rings. The van der Waals surface area contributed by atoms with Crippen LogP contribution >= 0.6 is 11.3 Å². The Morgan fingerprint density at radius 2 is 1.81 bits per heavy atom. The van der Waals surface area contributed by atoms with E-state index in [9.17, 15) is 4.79 Å². The van der Waals surface area contributed by atoms with Gasteiger partial charge in [-0.25, -0.2) is 4.98 Å². The van der Waals surface area contributed by atoms with Crippen molar-refractivity contribution in [2.75, 3.05) is 0 Å². The number of esters is 1. The molecule has 0 fully saturated rings. The van der Waals surface area contributed by atoms with Crippen molar-refractivity contribution in [2.45, 2.75) is 94.1 Å². The maximum absolute atomic E-state index is 11.5. The van der Waals surface area contributed by atoms with Crippen molar-refractivity contribution in [2.24, 2.45) is 23.7 Å². The van der Waals surface area contributed by atoms with Crippen LogP contribution in [0.2, 0.25) is 0 Å². The molecule has 0 saturated carbocycles. The van der Waals surface area contributed by atoms with Gasteiger partial charge in [0.2, 0.25) is 0 Å². The van der Waals surface area contributed by atoms with Crippen molar-refractivity contribution in [3.8, 4) is 0 Å². The van der Waals surface area contributed by atoms with E-state index in [1.165, 1.54) is 25.7 Å². The van der Waals surface area contributed by atoms with E-state index in [2.05, 4.69) is 58.7 Å². The van der Waals surface area contributed by atoms with Crippen LogP contribution in [0.5, 0.6) is 0 Å². The number of carbonyl (C=O) groups is 1. The van der Waals surface area contributed by atoms with E-state index in [1.807, 2.05) is 25.3 Å². The zero-order valence-corrected chi connectivity index (χ0v) is 25.4. The van der Waals surface area contributed by atoms with Gasteiger partial charge in [-0.3, -0.25) is 4.79 Å². The third-order valence-electron chi connectivity index (χ3n) is 6.80. The number of allylic oxidation sites excluding steroid dienone is 1. The number of hydrogen-bond donors (Lipinski definition) is 0. The van der Waals surface area contributed by atoms with Gasteiger partial charge >= 0.3 is 38.7 Å². The van der Waals surface area contributed by atoms with Gasteiger partial charge in [0.15, 0.2) is 0 Å². The molecule has 0 saturated heterocycles.